The molecule has 0 heterocycles. The van der Waals surface area contributed by atoms with Crippen LogP contribution >= 0.6 is 0 Å². The highest BCUT2D eigenvalue weighted by Crippen LogP contribution is 2.19. The molecule has 0 aliphatic heterocycles. The highest BCUT2D eigenvalue weighted by molar-refractivity contribution is 5.76. The number of benzene rings is 1. The minimum atomic E-state index is -1.29. The molecule has 0 aliphatic rings. The zero-order valence-electron chi connectivity index (χ0n) is 12.3. The van der Waals surface area contributed by atoms with Gasteiger partial charge in [0.15, 0.2) is 0 Å². The third-order valence-electron chi connectivity index (χ3n) is 3.22. The first-order valence-corrected chi connectivity index (χ1v) is 7.07. The highest BCUT2D eigenvalue weighted by Gasteiger charge is 2.17. The average Bonchev–Trinajstić information content (AvgIpc) is 2.43. The van der Waals surface area contributed by atoms with Crippen molar-refractivity contribution in [3.63, 3.8) is 0 Å². The van der Waals surface area contributed by atoms with Crippen LogP contribution in [0, 0.1) is 11.6 Å². The number of rotatable bonds is 8. The molecule has 0 bridgehead atoms. The lowest BCUT2D eigenvalue weighted by molar-refractivity contribution is -0.121. The van der Waals surface area contributed by atoms with Crippen molar-refractivity contribution in [2.24, 2.45) is 0 Å². The Hall–Kier alpha value is -1.53. The molecule has 0 radical (unpaired) electrons. The molecule has 1 aromatic rings. The predicted octanol–water partition coefficient (Wildman–Crippen LogP) is 1.89. The molecule has 21 heavy (non-hydrogen) atoms. The zero-order valence-corrected chi connectivity index (χ0v) is 12.3. The molecule has 0 fully saturated rings. The van der Waals surface area contributed by atoms with Gasteiger partial charge in [0, 0.05) is 25.6 Å². The molecule has 0 saturated heterocycles. The molecule has 4 nitrogen and oxygen atoms in total. The second-order valence-electron chi connectivity index (χ2n) is 4.98. The Balaban J connectivity index is 2.34. The fraction of sp³-hybridized carbons (Fsp3) is 0.533. The molecule has 118 valence electrons. The Labute approximate surface area is 123 Å². The Kier molecular flexibility index (Phi) is 7.25. The van der Waals surface area contributed by atoms with E-state index in [4.69, 9.17) is 0 Å². The topological polar surface area (TPSA) is 61.4 Å². The smallest absolute Gasteiger partial charge is 0.221 e. The lowest BCUT2D eigenvalue weighted by Crippen LogP contribution is -2.34. The van der Waals surface area contributed by atoms with Gasteiger partial charge in [0.25, 0.3) is 0 Å². The number of halogens is 2. The van der Waals surface area contributed by atoms with Crippen LogP contribution < -0.4 is 10.6 Å². The first-order valence-electron chi connectivity index (χ1n) is 7.07. The van der Waals surface area contributed by atoms with Crippen LogP contribution in [0.5, 0.6) is 0 Å². The molecule has 6 heteroatoms. The summed E-state index contributed by atoms with van der Waals surface area (Å²) < 4.78 is 26.9. The fourth-order valence-corrected chi connectivity index (χ4v) is 1.82. The summed E-state index contributed by atoms with van der Waals surface area (Å²) in [6.07, 6.45) is -0.190. The van der Waals surface area contributed by atoms with Crippen molar-refractivity contribution in [3.8, 4) is 0 Å². The van der Waals surface area contributed by atoms with Crippen molar-refractivity contribution in [2.75, 3.05) is 13.1 Å². The Morgan fingerprint density at radius 2 is 1.95 bits per heavy atom. The van der Waals surface area contributed by atoms with Gasteiger partial charge in [0.05, 0.1) is 11.7 Å². The van der Waals surface area contributed by atoms with E-state index in [1.54, 1.807) is 0 Å². The molecule has 1 rings (SSSR count). The third-order valence-corrected chi connectivity index (χ3v) is 3.22. The number of hydrogen-bond acceptors (Lipinski definition) is 3. The van der Waals surface area contributed by atoms with Gasteiger partial charge in [-0.05, 0) is 25.5 Å². The van der Waals surface area contributed by atoms with E-state index < -0.39 is 17.7 Å². The Morgan fingerprint density at radius 1 is 1.33 bits per heavy atom. The van der Waals surface area contributed by atoms with E-state index in [1.165, 1.54) is 6.07 Å². The van der Waals surface area contributed by atoms with Crippen molar-refractivity contribution in [2.45, 2.75) is 38.8 Å². The minimum absolute atomic E-state index is 0.0194. The summed E-state index contributed by atoms with van der Waals surface area (Å²) in [5, 5.41) is 15.4. The van der Waals surface area contributed by atoms with Crippen molar-refractivity contribution < 1.29 is 18.7 Å². The number of aliphatic hydroxyl groups excluding tert-OH is 1. The van der Waals surface area contributed by atoms with Gasteiger partial charge in [-0.2, -0.15) is 0 Å². The van der Waals surface area contributed by atoms with Gasteiger partial charge >= 0.3 is 0 Å². The normalized spacial score (nSPS) is 13.8. The highest BCUT2D eigenvalue weighted by atomic mass is 19.1. The summed E-state index contributed by atoms with van der Waals surface area (Å²) in [6, 6.07) is 3.56. The van der Waals surface area contributed by atoms with Gasteiger partial charge in [0.1, 0.15) is 11.6 Å². The lowest BCUT2D eigenvalue weighted by Gasteiger charge is -2.14. The van der Waals surface area contributed by atoms with Crippen LogP contribution in [-0.2, 0) is 4.79 Å². The summed E-state index contributed by atoms with van der Waals surface area (Å²) in [6.45, 7) is 4.20. The summed E-state index contributed by atoms with van der Waals surface area (Å²) >= 11 is 0. The molecular weight excluding hydrogens is 278 g/mol. The summed E-state index contributed by atoms with van der Waals surface area (Å²) in [5.41, 5.74) is -0.353. The molecule has 1 amide bonds. The van der Waals surface area contributed by atoms with Crippen LogP contribution in [0.3, 0.4) is 0 Å². The molecule has 0 saturated carbocycles. The molecule has 0 spiro atoms. The summed E-state index contributed by atoms with van der Waals surface area (Å²) in [4.78, 5) is 11.5. The first kappa shape index (κ1) is 17.5. The van der Waals surface area contributed by atoms with Gasteiger partial charge in [-0.25, -0.2) is 8.78 Å². The minimum Gasteiger partial charge on any atom is -0.387 e. The van der Waals surface area contributed by atoms with Crippen molar-refractivity contribution in [1.82, 2.24) is 10.6 Å². The Bertz CT molecular complexity index is 449. The average molecular weight is 300 g/mol. The molecule has 2 atom stereocenters. The van der Waals surface area contributed by atoms with Crippen LogP contribution in [-0.4, -0.2) is 30.1 Å². The van der Waals surface area contributed by atoms with Gasteiger partial charge < -0.3 is 15.7 Å². The van der Waals surface area contributed by atoms with Crippen LogP contribution in [0.15, 0.2) is 18.2 Å². The first-order chi connectivity index (χ1) is 9.95. The van der Waals surface area contributed by atoms with E-state index in [1.807, 2.05) is 13.8 Å². The van der Waals surface area contributed by atoms with Gasteiger partial charge in [-0.3, -0.25) is 4.79 Å². The number of hydrogen-bond donors (Lipinski definition) is 3. The summed E-state index contributed by atoms with van der Waals surface area (Å²) in [5.74, 6) is -1.65. The van der Waals surface area contributed by atoms with Gasteiger partial charge in [-0.1, -0.05) is 13.0 Å². The van der Waals surface area contributed by atoms with Gasteiger partial charge in [0.2, 0.25) is 5.91 Å². The van der Waals surface area contributed by atoms with E-state index in [9.17, 15) is 18.7 Å². The van der Waals surface area contributed by atoms with E-state index in [0.717, 1.165) is 18.6 Å². The SMILES string of the molecule is CCC(C)NC(=O)CCNCC(O)c1c(F)cccc1F. The maximum Gasteiger partial charge on any atom is 0.221 e. The number of carbonyl (C=O) groups excluding carboxylic acids is 1. The maximum absolute atomic E-state index is 13.4. The molecule has 2 unspecified atom stereocenters. The quantitative estimate of drug-likeness (QED) is 0.643. The van der Waals surface area contributed by atoms with Crippen LogP contribution in [0.4, 0.5) is 8.78 Å². The molecule has 1 aromatic carbocycles. The summed E-state index contributed by atoms with van der Waals surface area (Å²) in [7, 11) is 0. The molecular formula is C15H22F2N2O2. The Morgan fingerprint density at radius 3 is 2.52 bits per heavy atom. The zero-order chi connectivity index (χ0) is 15.8. The number of nitrogens with one attached hydrogen (secondary N) is 2. The third kappa shape index (κ3) is 5.77. The molecule has 0 aliphatic carbocycles. The van der Waals surface area contributed by atoms with Crippen LogP contribution in [0.1, 0.15) is 38.4 Å². The van der Waals surface area contributed by atoms with Gasteiger partial charge in [-0.15, -0.1) is 0 Å². The lowest BCUT2D eigenvalue weighted by atomic mass is 10.1. The predicted molar refractivity (Wildman–Crippen MR) is 76.7 cm³/mol. The van der Waals surface area contributed by atoms with Crippen molar-refractivity contribution in [1.29, 1.82) is 0 Å². The number of aliphatic hydroxyl groups is 1. The van der Waals surface area contributed by atoms with Crippen LogP contribution in [0.25, 0.3) is 0 Å². The monoisotopic (exact) mass is 300 g/mol. The molecule has 3 N–H and O–H groups in total. The van der Waals surface area contributed by atoms with E-state index in [-0.39, 0.29) is 30.5 Å². The standard InChI is InChI=1S/C15H22F2N2O2/c1-3-10(2)19-14(21)7-8-18-9-13(20)15-11(16)5-4-6-12(15)17/h4-6,10,13,18,20H,3,7-9H2,1-2H3,(H,19,21). The van der Waals surface area contributed by atoms with E-state index >= 15 is 0 Å². The second-order valence-corrected chi connectivity index (χ2v) is 4.98. The maximum atomic E-state index is 13.4. The van der Waals surface area contributed by atoms with Crippen molar-refractivity contribution >= 4 is 5.91 Å². The van der Waals surface area contributed by atoms with Crippen molar-refractivity contribution in [3.05, 3.63) is 35.4 Å². The van der Waals surface area contributed by atoms with E-state index in [2.05, 4.69) is 10.6 Å². The largest absolute Gasteiger partial charge is 0.387 e. The second kappa shape index (κ2) is 8.69. The fourth-order valence-electron chi connectivity index (χ4n) is 1.82. The van der Waals surface area contributed by atoms with Crippen LogP contribution in [0.2, 0.25) is 0 Å². The molecule has 0 aromatic heterocycles. The number of amides is 1. The van der Waals surface area contributed by atoms with E-state index in [0.29, 0.717) is 6.54 Å². The number of carbonyl (C=O) groups is 1.